The number of carbonyl (C=O) groups is 1. The van der Waals surface area contributed by atoms with Crippen molar-refractivity contribution in [1.29, 1.82) is 0 Å². The number of ether oxygens (including phenoxy) is 2. The fraction of sp³-hybridized carbons (Fsp3) is 0.222. The van der Waals surface area contributed by atoms with E-state index in [1.165, 1.54) is 11.3 Å². The van der Waals surface area contributed by atoms with Crippen LogP contribution in [0.4, 0.5) is 5.13 Å². The van der Waals surface area contributed by atoms with Gasteiger partial charge in [0.25, 0.3) is 0 Å². The number of para-hydroxylation sites is 1. The number of aromatic nitrogens is 1. The second-order valence-corrected chi connectivity index (χ2v) is 6.09. The molecule has 124 valence electrons. The molecule has 0 saturated heterocycles. The minimum absolute atomic E-state index is 0.00180. The SMILES string of the molecule is CCOc1cccc2sc(NCC(=O)c3ccc(OC)cc3)nc12. The second-order valence-electron chi connectivity index (χ2n) is 5.06. The highest BCUT2D eigenvalue weighted by atomic mass is 32.1. The summed E-state index contributed by atoms with van der Waals surface area (Å²) >= 11 is 1.51. The molecule has 0 bridgehead atoms. The number of nitrogens with zero attached hydrogens (tertiary/aromatic N) is 1. The van der Waals surface area contributed by atoms with Gasteiger partial charge in [-0.15, -0.1) is 0 Å². The van der Waals surface area contributed by atoms with E-state index in [0.717, 1.165) is 21.7 Å². The topological polar surface area (TPSA) is 60.5 Å². The summed E-state index contributed by atoms with van der Waals surface area (Å²) in [6.45, 7) is 2.73. The quantitative estimate of drug-likeness (QED) is 0.658. The standard InChI is InChI=1S/C18H18N2O3S/c1-3-23-15-5-4-6-16-17(15)20-18(24-16)19-11-14(21)12-7-9-13(22-2)10-8-12/h4-10H,3,11H2,1-2H3,(H,19,20). The van der Waals surface area contributed by atoms with Crippen LogP contribution in [0.3, 0.4) is 0 Å². The van der Waals surface area contributed by atoms with Crippen LogP contribution in [0, 0.1) is 0 Å². The van der Waals surface area contributed by atoms with Crippen molar-refractivity contribution in [1.82, 2.24) is 4.98 Å². The van der Waals surface area contributed by atoms with E-state index in [2.05, 4.69) is 10.3 Å². The molecule has 0 spiro atoms. The van der Waals surface area contributed by atoms with Crippen LogP contribution in [0.2, 0.25) is 0 Å². The van der Waals surface area contributed by atoms with Crippen molar-refractivity contribution in [2.24, 2.45) is 0 Å². The first-order chi connectivity index (χ1) is 11.7. The van der Waals surface area contributed by atoms with Gasteiger partial charge in [-0.2, -0.15) is 0 Å². The van der Waals surface area contributed by atoms with Crippen LogP contribution in [0.1, 0.15) is 17.3 Å². The minimum Gasteiger partial charge on any atom is -0.497 e. The summed E-state index contributed by atoms with van der Waals surface area (Å²) in [4.78, 5) is 16.8. The first-order valence-corrected chi connectivity index (χ1v) is 8.46. The Hall–Kier alpha value is -2.60. The van der Waals surface area contributed by atoms with Crippen LogP contribution >= 0.6 is 11.3 Å². The molecule has 0 aliphatic rings. The molecule has 0 amide bonds. The summed E-state index contributed by atoms with van der Waals surface area (Å²) < 4.78 is 11.7. The maximum absolute atomic E-state index is 12.3. The van der Waals surface area contributed by atoms with Crippen LogP contribution in [0.15, 0.2) is 42.5 Å². The number of ketones is 1. The van der Waals surface area contributed by atoms with Gasteiger partial charge in [0.2, 0.25) is 0 Å². The maximum atomic E-state index is 12.3. The normalized spacial score (nSPS) is 10.6. The molecular formula is C18H18N2O3S. The van der Waals surface area contributed by atoms with Crippen LogP contribution in [0.5, 0.6) is 11.5 Å². The molecule has 1 heterocycles. The highest BCUT2D eigenvalue weighted by molar-refractivity contribution is 7.22. The van der Waals surface area contributed by atoms with Gasteiger partial charge in [-0.25, -0.2) is 4.98 Å². The first kappa shape index (κ1) is 16.3. The number of anilines is 1. The Morgan fingerprint density at radius 3 is 2.71 bits per heavy atom. The number of carbonyl (C=O) groups excluding carboxylic acids is 1. The molecule has 1 aromatic heterocycles. The molecule has 0 radical (unpaired) electrons. The monoisotopic (exact) mass is 342 g/mol. The molecule has 3 rings (SSSR count). The smallest absolute Gasteiger partial charge is 0.184 e. The zero-order valence-electron chi connectivity index (χ0n) is 13.5. The second kappa shape index (κ2) is 7.31. The van der Waals surface area contributed by atoms with Gasteiger partial charge in [-0.3, -0.25) is 4.79 Å². The fourth-order valence-electron chi connectivity index (χ4n) is 2.31. The molecular weight excluding hydrogens is 324 g/mol. The minimum atomic E-state index is 0.00180. The van der Waals surface area contributed by atoms with Gasteiger partial charge in [0.05, 0.1) is 25.0 Å². The van der Waals surface area contributed by atoms with Crippen molar-refractivity contribution in [2.45, 2.75) is 6.92 Å². The van der Waals surface area contributed by atoms with E-state index in [1.54, 1.807) is 31.4 Å². The third kappa shape index (κ3) is 3.49. The number of benzene rings is 2. The molecule has 24 heavy (non-hydrogen) atoms. The van der Waals surface area contributed by atoms with Crippen LogP contribution < -0.4 is 14.8 Å². The van der Waals surface area contributed by atoms with Crippen molar-refractivity contribution in [3.8, 4) is 11.5 Å². The zero-order chi connectivity index (χ0) is 16.9. The Bertz CT molecular complexity index is 843. The van der Waals surface area contributed by atoms with Crippen LogP contribution in [-0.2, 0) is 0 Å². The third-order valence-corrected chi connectivity index (χ3v) is 4.47. The summed E-state index contributed by atoms with van der Waals surface area (Å²) in [5.41, 5.74) is 1.46. The lowest BCUT2D eigenvalue weighted by Gasteiger charge is -2.04. The number of hydrogen-bond acceptors (Lipinski definition) is 6. The van der Waals surface area contributed by atoms with E-state index in [-0.39, 0.29) is 12.3 Å². The van der Waals surface area contributed by atoms with Crippen LogP contribution in [-0.4, -0.2) is 31.0 Å². The number of hydrogen-bond donors (Lipinski definition) is 1. The van der Waals surface area contributed by atoms with E-state index < -0.39 is 0 Å². The summed E-state index contributed by atoms with van der Waals surface area (Å²) in [5.74, 6) is 1.50. The number of methoxy groups -OCH3 is 1. The molecule has 0 unspecified atom stereocenters. The molecule has 0 aliphatic heterocycles. The molecule has 0 fully saturated rings. The van der Waals surface area contributed by atoms with Crippen molar-refractivity contribution < 1.29 is 14.3 Å². The highest BCUT2D eigenvalue weighted by Gasteiger charge is 2.11. The van der Waals surface area contributed by atoms with Gasteiger partial charge in [0, 0.05) is 5.56 Å². The van der Waals surface area contributed by atoms with E-state index in [0.29, 0.717) is 17.3 Å². The lowest BCUT2D eigenvalue weighted by molar-refractivity contribution is 0.101. The molecule has 3 aromatic rings. The van der Waals surface area contributed by atoms with Gasteiger partial charge >= 0.3 is 0 Å². The summed E-state index contributed by atoms with van der Waals surface area (Å²) in [6, 6.07) is 12.9. The summed E-state index contributed by atoms with van der Waals surface area (Å²) in [7, 11) is 1.60. The average Bonchev–Trinajstić information content (AvgIpc) is 3.04. The molecule has 0 aliphatic carbocycles. The van der Waals surface area contributed by atoms with Crippen molar-refractivity contribution >= 4 is 32.5 Å². The van der Waals surface area contributed by atoms with Gasteiger partial charge in [0.15, 0.2) is 10.9 Å². The lowest BCUT2D eigenvalue weighted by atomic mass is 10.1. The molecule has 1 N–H and O–H groups in total. The van der Waals surface area contributed by atoms with Crippen molar-refractivity contribution in [3.63, 3.8) is 0 Å². The van der Waals surface area contributed by atoms with E-state index in [1.807, 2.05) is 25.1 Å². The Balaban J connectivity index is 1.70. The largest absolute Gasteiger partial charge is 0.497 e. The zero-order valence-corrected chi connectivity index (χ0v) is 14.4. The number of nitrogens with one attached hydrogen (secondary N) is 1. The Kier molecular flexibility index (Phi) is 4.96. The Labute approximate surface area is 144 Å². The van der Waals surface area contributed by atoms with Crippen molar-refractivity contribution in [3.05, 3.63) is 48.0 Å². The van der Waals surface area contributed by atoms with Gasteiger partial charge in [-0.1, -0.05) is 17.4 Å². The predicted octanol–water partition coefficient (Wildman–Crippen LogP) is 4.00. The van der Waals surface area contributed by atoms with Gasteiger partial charge in [0.1, 0.15) is 17.0 Å². The average molecular weight is 342 g/mol. The summed E-state index contributed by atoms with van der Waals surface area (Å²) in [5, 5.41) is 3.81. The van der Waals surface area contributed by atoms with E-state index >= 15 is 0 Å². The number of thiazole rings is 1. The fourth-order valence-corrected chi connectivity index (χ4v) is 3.18. The van der Waals surface area contributed by atoms with Gasteiger partial charge in [-0.05, 0) is 43.3 Å². The van der Waals surface area contributed by atoms with Gasteiger partial charge < -0.3 is 14.8 Å². The number of Topliss-reactive ketones (excluding diaryl/α,β-unsaturated/α-hetero) is 1. The predicted molar refractivity (Wildman–Crippen MR) is 96.6 cm³/mol. The maximum Gasteiger partial charge on any atom is 0.184 e. The number of rotatable bonds is 7. The lowest BCUT2D eigenvalue weighted by Crippen LogP contribution is -2.13. The Morgan fingerprint density at radius 1 is 1.21 bits per heavy atom. The molecule has 2 aromatic carbocycles. The molecule has 0 saturated carbocycles. The third-order valence-electron chi connectivity index (χ3n) is 3.49. The van der Waals surface area contributed by atoms with Crippen molar-refractivity contribution in [2.75, 3.05) is 25.6 Å². The van der Waals surface area contributed by atoms with E-state index in [9.17, 15) is 4.79 Å². The highest BCUT2D eigenvalue weighted by Crippen LogP contribution is 2.32. The molecule has 6 heteroatoms. The summed E-state index contributed by atoms with van der Waals surface area (Å²) in [6.07, 6.45) is 0. The van der Waals surface area contributed by atoms with Crippen LogP contribution in [0.25, 0.3) is 10.2 Å². The Morgan fingerprint density at radius 2 is 2.00 bits per heavy atom. The molecule has 0 atom stereocenters. The first-order valence-electron chi connectivity index (χ1n) is 7.64. The van der Waals surface area contributed by atoms with E-state index in [4.69, 9.17) is 9.47 Å². The number of fused-ring (bicyclic) bond motifs is 1. The molecule has 5 nitrogen and oxygen atoms in total.